The van der Waals surface area contributed by atoms with E-state index in [0.29, 0.717) is 10.0 Å². The molecule has 2 aromatic rings. The number of nitrogens with zero attached hydrogens (tertiary/aromatic N) is 1. The summed E-state index contributed by atoms with van der Waals surface area (Å²) in [5.41, 5.74) is 2.07. The number of thiazole rings is 1. The van der Waals surface area contributed by atoms with Crippen LogP contribution in [0.1, 0.15) is 40.5 Å². The lowest BCUT2D eigenvalue weighted by atomic mass is 10.0. The van der Waals surface area contributed by atoms with Crippen molar-refractivity contribution in [3.8, 4) is 0 Å². The third kappa shape index (κ3) is 3.34. The van der Waals surface area contributed by atoms with E-state index in [1.165, 1.54) is 4.88 Å². The highest BCUT2D eigenvalue weighted by molar-refractivity contribution is 7.11. The fraction of sp³-hybridized carbons (Fsp3) is 0.400. The quantitative estimate of drug-likeness (QED) is 0.820. The zero-order valence-corrected chi connectivity index (χ0v) is 14.2. The molecular weight excluding hydrogens is 311 g/mol. The molecule has 0 aliphatic heterocycles. The Morgan fingerprint density at radius 3 is 2.65 bits per heavy atom. The molecule has 0 radical (unpaired) electrons. The zero-order chi connectivity index (χ0) is 14.7. The van der Waals surface area contributed by atoms with Gasteiger partial charge in [0.25, 0.3) is 0 Å². The molecule has 0 spiro atoms. The van der Waals surface area contributed by atoms with Gasteiger partial charge in [0, 0.05) is 4.88 Å². The van der Waals surface area contributed by atoms with Gasteiger partial charge in [-0.05, 0) is 38.4 Å². The van der Waals surface area contributed by atoms with Crippen LogP contribution in [-0.4, -0.2) is 11.5 Å². The summed E-state index contributed by atoms with van der Waals surface area (Å²) in [5.74, 6) is 0. The molecular formula is C15H18Cl2N2S. The normalized spacial score (nSPS) is 12.7. The Labute approximate surface area is 134 Å². The summed E-state index contributed by atoms with van der Waals surface area (Å²) < 4.78 is 0. The molecule has 0 saturated heterocycles. The molecule has 2 rings (SSSR count). The Morgan fingerprint density at radius 2 is 2.05 bits per heavy atom. The van der Waals surface area contributed by atoms with Gasteiger partial charge in [0.05, 0.1) is 26.8 Å². The second-order valence-electron chi connectivity index (χ2n) is 4.71. The van der Waals surface area contributed by atoms with Gasteiger partial charge >= 0.3 is 0 Å². The lowest BCUT2D eigenvalue weighted by molar-refractivity contribution is 0.603. The van der Waals surface area contributed by atoms with Gasteiger partial charge in [-0.2, -0.15) is 0 Å². The number of hydrogen-bond donors (Lipinski definition) is 1. The number of aryl methyl sites for hydroxylation is 2. The SMILES string of the molecule is CCCNC(c1cccc(Cl)c1Cl)c1sc(C)nc1C. The summed E-state index contributed by atoms with van der Waals surface area (Å²) in [6.07, 6.45) is 1.06. The number of benzene rings is 1. The van der Waals surface area contributed by atoms with Crippen LogP contribution in [0, 0.1) is 13.8 Å². The van der Waals surface area contributed by atoms with Crippen LogP contribution in [0.15, 0.2) is 18.2 Å². The molecule has 1 N–H and O–H groups in total. The maximum absolute atomic E-state index is 6.39. The Morgan fingerprint density at radius 1 is 1.30 bits per heavy atom. The molecule has 5 heteroatoms. The second kappa shape index (κ2) is 6.90. The molecule has 0 aliphatic rings. The topological polar surface area (TPSA) is 24.9 Å². The average molecular weight is 329 g/mol. The summed E-state index contributed by atoms with van der Waals surface area (Å²) in [4.78, 5) is 5.73. The summed E-state index contributed by atoms with van der Waals surface area (Å²) in [5, 5.41) is 5.83. The first-order valence-electron chi connectivity index (χ1n) is 6.65. The van der Waals surface area contributed by atoms with Crippen molar-refractivity contribution in [2.45, 2.75) is 33.2 Å². The first-order chi connectivity index (χ1) is 9.54. The third-order valence-electron chi connectivity index (χ3n) is 3.09. The number of rotatable bonds is 5. The van der Waals surface area contributed by atoms with Crippen LogP contribution in [0.2, 0.25) is 10.0 Å². The Balaban J connectivity index is 2.47. The monoisotopic (exact) mass is 328 g/mol. The maximum Gasteiger partial charge on any atom is 0.0900 e. The Bertz CT molecular complexity index is 596. The van der Waals surface area contributed by atoms with E-state index in [-0.39, 0.29) is 6.04 Å². The van der Waals surface area contributed by atoms with Gasteiger partial charge in [0.1, 0.15) is 0 Å². The van der Waals surface area contributed by atoms with Gasteiger partial charge in [-0.3, -0.25) is 0 Å². The number of hydrogen-bond acceptors (Lipinski definition) is 3. The van der Waals surface area contributed by atoms with Gasteiger partial charge < -0.3 is 5.32 Å². The smallest absolute Gasteiger partial charge is 0.0900 e. The first kappa shape index (κ1) is 15.8. The minimum absolute atomic E-state index is 0.0485. The molecule has 2 nitrogen and oxygen atoms in total. The van der Waals surface area contributed by atoms with E-state index in [1.54, 1.807) is 11.3 Å². The number of aromatic nitrogens is 1. The van der Waals surface area contributed by atoms with Crippen molar-refractivity contribution in [2.24, 2.45) is 0 Å². The van der Waals surface area contributed by atoms with Crippen LogP contribution in [0.25, 0.3) is 0 Å². The summed E-state index contributed by atoms with van der Waals surface area (Å²) in [6, 6.07) is 5.82. The minimum atomic E-state index is 0.0485. The molecule has 0 bridgehead atoms. The van der Waals surface area contributed by atoms with Crippen molar-refractivity contribution < 1.29 is 0 Å². The highest BCUT2D eigenvalue weighted by Crippen LogP contribution is 2.36. The fourth-order valence-corrected chi connectivity index (χ4v) is 3.63. The Kier molecular flexibility index (Phi) is 5.44. The summed E-state index contributed by atoms with van der Waals surface area (Å²) in [6.45, 7) is 7.13. The van der Waals surface area contributed by atoms with Gasteiger partial charge in [0.15, 0.2) is 0 Å². The van der Waals surface area contributed by atoms with E-state index in [1.807, 2.05) is 32.0 Å². The van der Waals surface area contributed by atoms with E-state index in [9.17, 15) is 0 Å². The van der Waals surface area contributed by atoms with Crippen molar-refractivity contribution in [2.75, 3.05) is 6.54 Å². The van der Waals surface area contributed by atoms with Crippen molar-refractivity contribution >= 4 is 34.5 Å². The minimum Gasteiger partial charge on any atom is -0.305 e. The summed E-state index contributed by atoms with van der Waals surface area (Å²) >= 11 is 14.2. The first-order valence-corrected chi connectivity index (χ1v) is 8.23. The second-order valence-corrected chi connectivity index (χ2v) is 6.73. The molecule has 0 saturated carbocycles. The van der Waals surface area contributed by atoms with Crippen LogP contribution < -0.4 is 5.32 Å². The average Bonchev–Trinajstić information content (AvgIpc) is 2.74. The van der Waals surface area contributed by atoms with Crippen LogP contribution in [-0.2, 0) is 0 Å². The lowest BCUT2D eigenvalue weighted by Crippen LogP contribution is -2.23. The van der Waals surface area contributed by atoms with Crippen LogP contribution >= 0.6 is 34.5 Å². The van der Waals surface area contributed by atoms with Crippen LogP contribution in [0.4, 0.5) is 0 Å². The molecule has 20 heavy (non-hydrogen) atoms. The van der Waals surface area contributed by atoms with Crippen LogP contribution in [0.3, 0.4) is 0 Å². The standard InChI is InChI=1S/C15H18Cl2N2S/c1-4-8-18-14(15-9(2)19-10(3)20-15)11-6-5-7-12(16)13(11)17/h5-7,14,18H,4,8H2,1-3H3. The van der Waals surface area contributed by atoms with Crippen molar-refractivity contribution in [1.29, 1.82) is 0 Å². The molecule has 0 aliphatic carbocycles. The van der Waals surface area contributed by atoms with E-state index < -0.39 is 0 Å². The van der Waals surface area contributed by atoms with Gasteiger partial charge in [-0.25, -0.2) is 4.98 Å². The van der Waals surface area contributed by atoms with Gasteiger partial charge in [-0.15, -0.1) is 11.3 Å². The predicted molar refractivity (Wildman–Crippen MR) is 88.2 cm³/mol. The molecule has 1 aromatic heterocycles. The maximum atomic E-state index is 6.39. The zero-order valence-electron chi connectivity index (χ0n) is 11.8. The molecule has 1 unspecified atom stereocenters. The lowest BCUT2D eigenvalue weighted by Gasteiger charge is -2.20. The largest absolute Gasteiger partial charge is 0.305 e. The van der Waals surface area contributed by atoms with E-state index in [0.717, 1.165) is 29.2 Å². The highest BCUT2D eigenvalue weighted by Gasteiger charge is 2.22. The molecule has 1 heterocycles. The summed E-state index contributed by atoms with van der Waals surface area (Å²) in [7, 11) is 0. The molecule has 1 aromatic carbocycles. The highest BCUT2D eigenvalue weighted by atomic mass is 35.5. The van der Waals surface area contributed by atoms with Gasteiger partial charge in [-0.1, -0.05) is 42.3 Å². The molecule has 0 amide bonds. The molecule has 0 fully saturated rings. The van der Waals surface area contributed by atoms with Gasteiger partial charge in [0.2, 0.25) is 0 Å². The molecule has 108 valence electrons. The van der Waals surface area contributed by atoms with Crippen molar-refractivity contribution in [3.63, 3.8) is 0 Å². The van der Waals surface area contributed by atoms with E-state index >= 15 is 0 Å². The van der Waals surface area contributed by atoms with E-state index in [2.05, 4.69) is 17.2 Å². The molecule has 1 atom stereocenters. The fourth-order valence-electron chi connectivity index (χ4n) is 2.19. The van der Waals surface area contributed by atoms with Crippen LogP contribution in [0.5, 0.6) is 0 Å². The predicted octanol–water partition coefficient (Wildman–Crippen LogP) is 5.16. The van der Waals surface area contributed by atoms with Crippen molar-refractivity contribution in [3.05, 3.63) is 49.4 Å². The number of halogens is 2. The Hall–Kier alpha value is -0.610. The van der Waals surface area contributed by atoms with E-state index in [4.69, 9.17) is 23.2 Å². The third-order valence-corrected chi connectivity index (χ3v) is 5.06. The number of nitrogens with one attached hydrogen (secondary N) is 1. The van der Waals surface area contributed by atoms with Crippen molar-refractivity contribution in [1.82, 2.24) is 10.3 Å².